The first-order valence-electron chi connectivity index (χ1n) is 7.43. The minimum atomic E-state index is -1.66. The molecule has 0 N–H and O–H groups in total. The summed E-state index contributed by atoms with van der Waals surface area (Å²) in [6.07, 6.45) is 3.33. The van der Waals surface area contributed by atoms with Gasteiger partial charge in [0, 0.05) is 26.3 Å². The summed E-state index contributed by atoms with van der Waals surface area (Å²) in [6, 6.07) is 3.61. The molecule has 21 heavy (non-hydrogen) atoms. The van der Waals surface area contributed by atoms with Crippen LogP contribution in [-0.4, -0.2) is 58.0 Å². The van der Waals surface area contributed by atoms with Crippen LogP contribution >= 0.6 is 0 Å². The highest BCUT2D eigenvalue weighted by atomic mass is 19.1. The molecular formula is C15H18FN3O2. The Labute approximate surface area is 122 Å². The fourth-order valence-corrected chi connectivity index (χ4v) is 3.77. The first-order chi connectivity index (χ1) is 10.0. The van der Waals surface area contributed by atoms with Crippen molar-refractivity contribution in [3.05, 3.63) is 24.0 Å². The molecule has 2 atom stereocenters. The van der Waals surface area contributed by atoms with E-state index in [4.69, 9.17) is 0 Å². The molecule has 1 saturated carbocycles. The second-order valence-corrected chi connectivity index (χ2v) is 6.38. The van der Waals surface area contributed by atoms with Crippen LogP contribution in [0.4, 0.5) is 4.39 Å². The van der Waals surface area contributed by atoms with Crippen molar-refractivity contribution in [3.8, 4) is 0 Å². The van der Waals surface area contributed by atoms with Gasteiger partial charge in [-0.05, 0) is 31.4 Å². The lowest BCUT2D eigenvalue weighted by molar-refractivity contribution is -0.149. The number of carbonyl (C=O) groups excluding carboxylic acids is 2. The monoisotopic (exact) mass is 291 g/mol. The summed E-state index contributed by atoms with van der Waals surface area (Å²) in [4.78, 5) is 28.0. The fourth-order valence-electron chi connectivity index (χ4n) is 3.77. The van der Waals surface area contributed by atoms with Crippen LogP contribution in [0.25, 0.3) is 0 Å². The largest absolute Gasteiger partial charge is 0.337 e. The molecule has 5 nitrogen and oxygen atoms in total. The van der Waals surface area contributed by atoms with Crippen LogP contribution in [0, 0.1) is 0 Å². The van der Waals surface area contributed by atoms with Gasteiger partial charge < -0.3 is 14.4 Å². The van der Waals surface area contributed by atoms with Crippen molar-refractivity contribution >= 4 is 11.8 Å². The molecule has 3 aliphatic rings. The van der Waals surface area contributed by atoms with Crippen molar-refractivity contribution < 1.29 is 14.0 Å². The molecule has 0 bridgehead atoms. The second kappa shape index (κ2) is 4.08. The van der Waals surface area contributed by atoms with E-state index in [-0.39, 0.29) is 18.0 Å². The van der Waals surface area contributed by atoms with Crippen LogP contribution < -0.4 is 0 Å². The minimum Gasteiger partial charge on any atom is -0.337 e. The lowest BCUT2D eigenvalue weighted by Crippen LogP contribution is -2.50. The average Bonchev–Trinajstić information content (AvgIpc) is 3.07. The Morgan fingerprint density at radius 2 is 2.05 bits per heavy atom. The molecule has 0 aromatic carbocycles. The number of rotatable bonds is 1. The number of fused-ring (bicyclic) bond motifs is 3. The molecule has 4 rings (SSSR count). The maximum Gasteiger partial charge on any atom is 0.270 e. The summed E-state index contributed by atoms with van der Waals surface area (Å²) in [5.74, 6) is -0.424. The van der Waals surface area contributed by atoms with E-state index in [2.05, 4.69) is 0 Å². The molecule has 1 aromatic rings. The highest BCUT2D eigenvalue weighted by Gasteiger charge is 2.52. The summed E-state index contributed by atoms with van der Waals surface area (Å²) in [7, 11) is 1.76. The van der Waals surface area contributed by atoms with E-state index in [0.717, 1.165) is 6.42 Å². The first-order valence-corrected chi connectivity index (χ1v) is 7.43. The van der Waals surface area contributed by atoms with Gasteiger partial charge in [-0.15, -0.1) is 0 Å². The van der Waals surface area contributed by atoms with E-state index in [0.29, 0.717) is 31.6 Å². The van der Waals surface area contributed by atoms with Crippen molar-refractivity contribution in [2.75, 3.05) is 20.1 Å². The van der Waals surface area contributed by atoms with Crippen molar-refractivity contribution in [1.82, 2.24) is 14.4 Å². The van der Waals surface area contributed by atoms with Crippen molar-refractivity contribution in [3.63, 3.8) is 0 Å². The molecule has 0 spiro atoms. The number of amides is 2. The number of aromatic nitrogens is 1. The number of alkyl halides is 1. The van der Waals surface area contributed by atoms with Gasteiger partial charge in [-0.3, -0.25) is 9.59 Å². The van der Waals surface area contributed by atoms with Gasteiger partial charge in [-0.25, -0.2) is 4.39 Å². The molecule has 1 aliphatic carbocycles. The molecule has 2 amide bonds. The standard InChI is InChI=1S/C15H18FN3O2/c1-17-11-8-18(14(21)15(16)5-3-6-15)9-12(11)19-7-2-4-10(19)13(17)20/h2,4,7,11-12H,3,5-6,8-9H2,1H3/t11-,12-/m1/s1. The fraction of sp³-hybridized carbons (Fsp3) is 0.600. The van der Waals surface area contributed by atoms with Crippen LogP contribution in [0.5, 0.6) is 0 Å². The molecule has 3 heterocycles. The van der Waals surface area contributed by atoms with Crippen LogP contribution in [0.15, 0.2) is 18.3 Å². The molecule has 1 aromatic heterocycles. The number of nitrogens with zero attached hydrogens (tertiary/aromatic N) is 3. The second-order valence-electron chi connectivity index (χ2n) is 6.38. The number of hydrogen-bond donors (Lipinski definition) is 0. The predicted octanol–water partition coefficient (Wildman–Crippen LogP) is 1.22. The van der Waals surface area contributed by atoms with E-state index >= 15 is 0 Å². The molecular weight excluding hydrogens is 273 g/mol. The van der Waals surface area contributed by atoms with E-state index in [1.54, 1.807) is 22.9 Å². The third kappa shape index (κ3) is 1.61. The SMILES string of the molecule is CN1C(=O)c2cccn2[C@@H]2CN(C(=O)C3(F)CCC3)C[C@H]21. The minimum absolute atomic E-state index is 0.0327. The van der Waals surface area contributed by atoms with Crippen LogP contribution in [0.3, 0.4) is 0 Å². The Morgan fingerprint density at radius 3 is 2.71 bits per heavy atom. The molecule has 2 aliphatic heterocycles. The normalized spacial score (nSPS) is 29.9. The van der Waals surface area contributed by atoms with Crippen molar-refractivity contribution in [1.29, 1.82) is 0 Å². The molecule has 112 valence electrons. The summed E-state index contributed by atoms with van der Waals surface area (Å²) < 4.78 is 16.3. The Balaban J connectivity index is 1.63. The Bertz CT molecular complexity index is 622. The van der Waals surface area contributed by atoms with Gasteiger partial charge in [-0.1, -0.05) is 0 Å². The van der Waals surface area contributed by atoms with Gasteiger partial charge in [0.15, 0.2) is 5.67 Å². The van der Waals surface area contributed by atoms with E-state index < -0.39 is 11.6 Å². The number of likely N-dealkylation sites (N-methyl/N-ethyl adjacent to an activating group) is 1. The molecule has 6 heteroatoms. The van der Waals surface area contributed by atoms with Gasteiger partial charge in [0.05, 0.1) is 12.1 Å². The van der Waals surface area contributed by atoms with Crippen molar-refractivity contribution in [2.24, 2.45) is 0 Å². The van der Waals surface area contributed by atoms with E-state index in [1.807, 2.05) is 16.8 Å². The summed E-state index contributed by atoms with van der Waals surface area (Å²) in [5, 5.41) is 0. The number of halogens is 1. The summed E-state index contributed by atoms with van der Waals surface area (Å²) >= 11 is 0. The van der Waals surface area contributed by atoms with Gasteiger partial charge in [-0.2, -0.15) is 0 Å². The lowest BCUT2D eigenvalue weighted by atomic mass is 9.81. The first kappa shape index (κ1) is 12.9. The molecule has 0 radical (unpaired) electrons. The highest BCUT2D eigenvalue weighted by Crippen LogP contribution is 2.40. The highest BCUT2D eigenvalue weighted by molar-refractivity contribution is 5.94. The average molecular weight is 291 g/mol. The van der Waals surface area contributed by atoms with Gasteiger partial charge in [0.2, 0.25) is 0 Å². The molecule has 2 fully saturated rings. The summed E-state index contributed by atoms with van der Waals surface area (Å²) in [6.45, 7) is 0.906. The van der Waals surface area contributed by atoms with E-state index in [9.17, 15) is 14.0 Å². The maximum absolute atomic E-state index is 14.4. The Kier molecular flexibility index (Phi) is 2.50. The third-order valence-electron chi connectivity index (χ3n) is 5.25. The Morgan fingerprint density at radius 1 is 1.33 bits per heavy atom. The quantitative estimate of drug-likeness (QED) is 0.781. The summed E-state index contributed by atoms with van der Waals surface area (Å²) in [5.41, 5.74) is -1.01. The zero-order valence-electron chi connectivity index (χ0n) is 12.0. The lowest BCUT2D eigenvalue weighted by Gasteiger charge is -2.36. The zero-order chi connectivity index (χ0) is 14.8. The van der Waals surface area contributed by atoms with E-state index in [1.165, 1.54) is 0 Å². The van der Waals surface area contributed by atoms with Crippen LogP contribution in [0.1, 0.15) is 35.8 Å². The number of likely N-dealkylation sites (tertiary alicyclic amines) is 1. The van der Waals surface area contributed by atoms with Gasteiger partial charge in [0.25, 0.3) is 11.8 Å². The maximum atomic E-state index is 14.4. The topological polar surface area (TPSA) is 45.6 Å². The van der Waals surface area contributed by atoms with Gasteiger partial charge in [0.1, 0.15) is 5.69 Å². The number of hydrogen-bond acceptors (Lipinski definition) is 2. The predicted molar refractivity (Wildman–Crippen MR) is 73.6 cm³/mol. The van der Waals surface area contributed by atoms with Gasteiger partial charge >= 0.3 is 0 Å². The van der Waals surface area contributed by atoms with Crippen LogP contribution in [0.2, 0.25) is 0 Å². The van der Waals surface area contributed by atoms with Crippen molar-refractivity contribution in [2.45, 2.75) is 37.0 Å². The van der Waals surface area contributed by atoms with Crippen LogP contribution in [-0.2, 0) is 4.79 Å². The molecule has 0 unspecified atom stereocenters. The molecule has 1 saturated heterocycles. The number of carbonyl (C=O) groups is 2. The third-order valence-corrected chi connectivity index (χ3v) is 5.25. The Hall–Kier alpha value is -1.85. The smallest absolute Gasteiger partial charge is 0.270 e. The zero-order valence-corrected chi connectivity index (χ0v) is 12.0.